The van der Waals surface area contributed by atoms with Crippen molar-refractivity contribution in [2.75, 3.05) is 16.8 Å². The minimum absolute atomic E-state index is 0.180. The second-order valence-corrected chi connectivity index (χ2v) is 10.1. The number of carbonyl (C=O) groups excluding carboxylic acids is 3. The predicted molar refractivity (Wildman–Crippen MR) is 147 cm³/mol. The third-order valence-corrected chi connectivity index (χ3v) is 5.93. The third kappa shape index (κ3) is 6.25. The molecule has 1 atom stereocenters. The van der Waals surface area contributed by atoms with Gasteiger partial charge in [0.05, 0.1) is 5.69 Å². The molecule has 1 aliphatic heterocycles. The van der Waals surface area contributed by atoms with Crippen LogP contribution in [0.4, 0.5) is 16.2 Å². The van der Waals surface area contributed by atoms with Crippen LogP contribution in [0.5, 0.6) is 0 Å². The van der Waals surface area contributed by atoms with Gasteiger partial charge in [0.25, 0.3) is 5.91 Å². The van der Waals surface area contributed by atoms with Gasteiger partial charge in [0.2, 0.25) is 5.91 Å². The zero-order valence-electron chi connectivity index (χ0n) is 21.5. The van der Waals surface area contributed by atoms with E-state index in [4.69, 9.17) is 0 Å². The lowest BCUT2D eigenvalue weighted by atomic mass is 9.95. The molecule has 3 N–H and O–H groups in total. The van der Waals surface area contributed by atoms with Crippen LogP contribution in [0.1, 0.15) is 37.5 Å². The summed E-state index contributed by atoms with van der Waals surface area (Å²) in [4.78, 5) is 41.3. The summed E-state index contributed by atoms with van der Waals surface area (Å²) in [6.07, 6.45) is 1.76. The summed E-state index contributed by atoms with van der Waals surface area (Å²) in [5.41, 5.74) is 4.20. The van der Waals surface area contributed by atoms with Crippen molar-refractivity contribution in [3.63, 3.8) is 0 Å². The van der Waals surface area contributed by atoms with Crippen molar-refractivity contribution in [2.24, 2.45) is 0 Å². The number of urea groups is 1. The van der Waals surface area contributed by atoms with E-state index in [1.165, 1.54) is 4.90 Å². The van der Waals surface area contributed by atoms with Crippen LogP contribution in [0.15, 0.2) is 84.9 Å². The van der Waals surface area contributed by atoms with Crippen molar-refractivity contribution >= 4 is 34.8 Å². The molecule has 1 aliphatic rings. The van der Waals surface area contributed by atoms with E-state index >= 15 is 0 Å². The maximum atomic E-state index is 13.9. The molecule has 7 nitrogen and oxygen atoms in total. The molecule has 7 heteroatoms. The summed E-state index contributed by atoms with van der Waals surface area (Å²) in [5, 5.41) is 8.58. The van der Waals surface area contributed by atoms with Gasteiger partial charge in [0.1, 0.15) is 12.6 Å². The van der Waals surface area contributed by atoms with Crippen molar-refractivity contribution in [3.8, 4) is 0 Å². The zero-order chi connectivity index (χ0) is 26.6. The Bertz CT molecular complexity index is 1340. The van der Waals surface area contributed by atoms with E-state index in [9.17, 15) is 14.4 Å². The standard InChI is InChI=1S/C30H32N4O3/c1-20-12-8-10-16-24(20)31-29(37)32-25-18-23(21-13-6-5-7-14-21)22-15-9-11-17-26(22)34(28(25)36)19-27(35)33-30(2,3)4/h5-18,25H,19H2,1-4H3,(H,33,35)(H2,31,32,37). The Balaban J connectivity index is 1.74. The monoisotopic (exact) mass is 496 g/mol. The molecular formula is C30H32N4O3. The van der Waals surface area contributed by atoms with Crippen LogP contribution in [0, 0.1) is 6.92 Å². The molecule has 3 aromatic rings. The Morgan fingerprint density at radius 3 is 2.24 bits per heavy atom. The number of para-hydroxylation sites is 2. The molecule has 0 aliphatic carbocycles. The van der Waals surface area contributed by atoms with Crippen LogP contribution in [-0.2, 0) is 9.59 Å². The predicted octanol–water partition coefficient (Wildman–Crippen LogP) is 4.88. The third-order valence-electron chi connectivity index (χ3n) is 5.93. The largest absolute Gasteiger partial charge is 0.350 e. The first kappa shape index (κ1) is 25.7. The molecule has 190 valence electrons. The van der Waals surface area contributed by atoms with Gasteiger partial charge in [0.15, 0.2) is 0 Å². The van der Waals surface area contributed by atoms with Crippen LogP contribution < -0.4 is 20.9 Å². The van der Waals surface area contributed by atoms with Crippen LogP contribution in [0.3, 0.4) is 0 Å². The smallest absolute Gasteiger partial charge is 0.320 e. The van der Waals surface area contributed by atoms with E-state index in [0.29, 0.717) is 11.4 Å². The quantitative estimate of drug-likeness (QED) is 0.470. The molecule has 4 amide bonds. The van der Waals surface area contributed by atoms with Gasteiger partial charge in [-0.2, -0.15) is 0 Å². The SMILES string of the molecule is Cc1ccccc1NC(=O)NC1C=C(c2ccccc2)c2ccccc2N(CC(=O)NC(C)(C)C)C1=O. The van der Waals surface area contributed by atoms with Gasteiger partial charge in [0, 0.05) is 16.8 Å². The summed E-state index contributed by atoms with van der Waals surface area (Å²) in [6, 6.07) is 23.1. The number of carbonyl (C=O) groups is 3. The molecule has 0 fully saturated rings. The topological polar surface area (TPSA) is 90.5 Å². The number of aryl methyl sites for hydroxylation is 1. The maximum absolute atomic E-state index is 13.9. The summed E-state index contributed by atoms with van der Waals surface area (Å²) in [5.74, 6) is -0.690. The molecular weight excluding hydrogens is 464 g/mol. The van der Waals surface area contributed by atoms with Gasteiger partial charge in [-0.15, -0.1) is 0 Å². The minimum Gasteiger partial charge on any atom is -0.350 e. The lowest BCUT2D eigenvalue weighted by molar-refractivity contribution is -0.125. The van der Waals surface area contributed by atoms with Gasteiger partial charge >= 0.3 is 6.03 Å². The fourth-order valence-corrected chi connectivity index (χ4v) is 4.30. The highest BCUT2D eigenvalue weighted by atomic mass is 16.2. The Hall–Kier alpha value is -4.39. The van der Waals surface area contributed by atoms with Crippen LogP contribution in [-0.4, -0.2) is 36.0 Å². The van der Waals surface area contributed by atoms with Crippen molar-refractivity contribution in [3.05, 3.63) is 102 Å². The van der Waals surface area contributed by atoms with E-state index < -0.39 is 23.5 Å². The van der Waals surface area contributed by atoms with Crippen molar-refractivity contribution in [1.82, 2.24) is 10.6 Å². The number of hydrogen-bond acceptors (Lipinski definition) is 3. The number of nitrogens with one attached hydrogen (secondary N) is 3. The van der Waals surface area contributed by atoms with E-state index in [1.807, 2.05) is 100 Å². The Labute approximate surface area is 217 Å². The molecule has 0 bridgehead atoms. The van der Waals surface area contributed by atoms with Crippen molar-refractivity contribution < 1.29 is 14.4 Å². The summed E-state index contributed by atoms with van der Waals surface area (Å²) in [6.45, 7) is 7.38. The molecule has 3 aromatic carbocycles. The Morgan fingerprint density at radius 1 is 0.892 bits per heavy atom. The number of benzene rings is 3. The second kappa shape index (κ2) is 10.7. The van der Waals surface area contributed by atoms with Gasteiger partial charge in [-0.1, -0.05) is 66.7 Å². The highest BCUT2D eigenvalue weighted by molar-refractivity contribution is 6.10. The molecule has 1 unspecified atom stereocenters. The minimum atomic E-state index is -1.01. The maximum Gasteiger partial charge on any atom is 0.320 e. The normalized spacial score (nSPS) is 15.2. The first-order chi connectivity index (χ1) is 17.6. The molecule has 0 radical (unpaired) electrons. The van der Waals surface area contributed by atoms with Crippen LogP contribution in [0.2, 0.25) is 0 Å². The van der Waals surface area contributed by atoms with Gasteiger partial charge in [-0.25, -0.2) is 4.79 Å². The number of amides is 4. The van der Waals surface area contributed by atoms with Crippen LogP contribution in [0.25, 0.3) is 5.57 Å². The number of anilines is 2. The summed E-state index contributed by atoms with van der Waals surface area (Å²) < 4.78 is 0. The molecule has 0 spiro atoms. The highest BCUT2D eigenvalue weighted by Crippen LogP contribution is 2.35. The average Bonchev–Trinajstić information content (AvgIpc) is 2.96. The van der Waals surface area contributed by atoms with Crippen molar-refractivity contribution in [2.45, 2.75) is 39.3 Å². The van der Waals surface area contributed by atoms with Gasteiger partial charge < -0.3 is 20.9 Å². The lowest BCUT2D eigenvalue weighted by Crippen LogP contribution is -2.52. The summed E-state index contributed by atoms with van der Waals surface area (Å²) >= 11 is 0. The van der Waals surface area contributed by atoms with E-state index in [2.05, 4.69) is 16.0 Å². The Morgan fingerprint density at radius 2 is 1.54 bits per heavy atom. The molecule has 0 saturated carbocycles. The first-order valence-electron chi connectivity index (χ1n) is 12.2. The van der Waals surface area contributed by atoms with Gasteiger partial charge in [-0.05, 0) is 62.6 Å². The lowest BCUT2D eigenvalue weighted by Gasteiger charge is -2.28. The number of hydrogen-bond donors (Lipinski definition) is 3. The van der Waals surface area contributed by atoms with Gasteiger partial charge in [-0.3, -0.25) is 9.59 Å². The fraction of sp³-hybridized carbons (Fsp3) is 0.233. The zero-order valence-corrected chi connectivity index (χ0v) is 21.5. The van der Waals surface area contributed by atoms with E-state index in [1.54, 1.807) is 12.1 Å². The molecule has 0 aromatic heterocycles. The number of rotatable bonds is 5. The number of fused-ring (bicyclic) bond motifs is 1. The summed E-state index contributed by atoms with van der Waals surface area (Å²) in [7, 11) is 0. The number of nitrogens with zero attached hydrogens (tertiary/aromatic N) is 1. The Kier molecular flexibility index (Phi) is 7.43. The molecule has 37 heavy (non-hydrogen) atoms. The molecule has 0 saturated heterocycles. The van der Waals surface area contributed by atoms with E-state index in [0.717, 1.165) is 22.3 Å². The van der Waals surface area contributed by atoms with E-state index in [-0.39, 0.29) is 12.5 Å². The molecule has 4 rings (SSSR count). The average molecular weight is 497 g/mol. The van der Waals surface area contributed by atoms with Crippen LogP contribution >= 0.6 is 0 Å². The first-order valence-corrected chi connectivity index (χ1v) is 12.2. The second-order valence-electron chi connectivity index (χ2n) is 10.1. The fourth-order valence-electron chi connectivity index (χ4n) is 4.30. The highest BCUT2D eigenvalue weighted by Gasteiger charge is 2.33. The van der Waals surface area contributed by atoms with Crippen molar-refractivity contribution in [1.29, 1.82) is 0 Å². The molecule has 1 heterocycles.